The molecule has 0 radical (unpaired) electrons. The molecule has 1 heterocycles. The summed E-state index contributed by atoms with van der Waals surface area (Å²) in [6.45, 7) is 4.78. The third kappa shape index (κ3) is 3.88. The van der Waals surface area contributed by atoms with E-state index in [9.17, 15) is 0 Å². The Morgan fingerprint density at radius 3 is 2.85 bits per heavy atom. The first-order chi connectivity index (χ1) is 6.26. The van der Waals surface area contributed by atoms with Crippen molar-refractivity contribution in [2.24, 2.45) is 0 Å². The third-order valence-electron chi connectivity index (χ3n) is 2.64. The molecule has 0 aliphatic carbocycles. The Morgan fingerprint density at radius 2 is 2.38 bits per heavy atom. The quantitative estimate of drug-likeness (QED) is 0.712. The Kier molecular flexibility index (Phi) is 5.14. The number of hydrogen-bond donors (Lipinski definition) is 2. The van der Waals surface area contributed by atoms with Crippen LogP contribution in [0.3, 0.4) is 0 Å². The highest BCUT2D eigenvalue weighted by atomic mass is 32.2. The number of aliphatic hydroxyl groups is 1. The molecule has 0 bridgehead atoms. The van der Waals surface area contributed by atoms with Gasteiger partial charge in [0.2, 0.25) is 0 Å². The Morgan fingerprint density at radius 1 is 1.62 bits per heavy atom. The summed E-state index contributed by atoms with van der Waals surface area (Å²) in [6, 6.07) is 1.19. The van der Waals surface area contributed by atoms with Gasteiger partial charge in [-0.25, -0.2) is 0 Å². The summed E-state index contributed by atoms with van der Waals surface area (Å²) in [5.74, 6) is 1.24. The van der Waals surface area contributed by atoms with Gasteiger partial charge in [-0.05, 0) is 19.3 Å². The number of hydrogen-bond acceptors (Lipinski definition) is 3. The zero-order valence-corrected chi connectivity index (χ0v) is 9.44. The summed E-state index contributed by atoms with van der Waals surface area (Å²) in [7, 11) is 0. The molecule has 0 spiro atoms. The second-order valence-electron chi connectivity index (χ2n) is 3.86. The van der Waals surface area contributed by atoms with E-state index in [1.807, 2.05) is 0 Å². The van der Waals surface area contributed by atoms with Gasteiger partial charge in [0.1, 0.15) is 0 Å². The van der Waals surface area contributed by atoms with Crippen LogP contribution in [0.1, 0.15) is 33.1 Å². The lowest BCUT2D eigenvalue weighted by Gasteiger charge is -2.20. The van der Waals surface area contributed by atoms with Crippen LogP contribution >= 0.6 is 11.8 Å². The summed E-state index contributed by atoms with van der Waals surface area (Å²) in [5.41, 5.74) is 0. The molecule has 1 aliphatic heterocycles. The molecule has 0 aromatic carbocycles. The maximum Gasteiger partial charge on any atom is 0.0445 e. The first-order valence-corrected chi connectivity index (χ1v) is 6.29. The van der Waals surface area contributed by atoms with Crippen molar-refractivity contribution in [3.8, 4) is 0 Å². The van der Waals surface area contributed by atoms with Crippen molar-refractivity contribution in [3.63, 3.8) is 0 Å². The molecule has 1 rings (SSSR count). The largest absolute Gasteiger partial charge is 0.396 e. The Labute approximate surface area is 85.5 Å². The van der Waals surface area contributed by atoms with Crippen LogP contribution in [0.25, 0.3) is 0 Å². The van der Waals surface area contributed by atoms with E-state index in [4.69, 9.17) is 5.11 Å². The zero-order valence-electron chi connectivity index (χ0n) is 8.62. The molecule has 13 heavy (non-hydrogen) atoms. The molecule has 2 N–H and O–H groups in total. The summed E-state index contributed by atoms with van der Waals surface area (Å²) < 4.78 is 0. The van der Waals surface area contributed by atoms with Gasteiger partial charge in [0.25, 0.3) is 0 Å². The van der Waals surface area contributed by atoms with Crippen LogP contribution in [0, 0.1) is 0 Å². The van der Waals surface area contributed by atoms with Crippen molar-refractivity contribution in [2.45, 2.75) is 50.4 Å². The molecule has 0 saturated carbocycles. The van der Waals surface area contributed by atoms with E-state index < -0.39 is 0 Å². The second-order valence-corrected chi connectivity index (χ2v) is 5.33. The fourth-order valence-corrected chi connectivity index (χ4v) is 2.99. The van der Waals surface area contributed by atoms with Crippen LogP contribution in [0.4, 0.5) is 0 Å². The van der Waals surface area contributed by atoms with E-state index >= 15 is 0 Å². The Bertz CT molecular complexity index is 141. The van der Waals surface area contributed by atoms with Gasteiger partial charge in [-0.2, -0.15) is 11.8 Å². The molecular formula is C10H21NOS. The minimum atomic E-state index is 0.306. The van der Waals surface area contributed by atoms with Gasteiger partial charge in [-0.3, -0.25) is 0 Å². The lowest BCUT2D eigenvalue weighted by atomic mass is 10.1. The summed E-state index contributed by atoms with van der Waals surface area (Å²) in [5, 5.41) is 13.3. The molecule has 1 saturated heterocycles. The summed E-state index contributed by atoms with van der Waals surface area (Å²) >= 11 is 2.05. The van der Waals surface area contributed by atoms with Gasteiger partial charge >= 0.3 is 0 Å². The monoisotopic (exact) mass is 203 g/mol. The number of nitrogens with one attached hydrogen (secondary N) is 1. The second kappa shape index (κ2) is 5.89. The van der Waals surface area contributed by atoms with Crippen molar-refractivity contribution in [1.29, 1.82) is 0 Å². The fraction of sp³-hybridized carbons (Fsp3) is 1.00. The van der Waals surface area contributed by atoms with E-state index in [-0.39, 0.29) is 0 Å². The van der Waals surface area contributed by atoms with Gasteiger partial charge in [0.15, 0.2) is 0 Å². The van der Waals surface area contributed by atoms with Crippen LogP contribution < -0.4 is 5.32 Å². The predicted octanol–water partition coefficient (Wildman–Crippen LogP) is 1.63. The Balaban J connectivity index is 2.21. The van der Waals surface area contributed by atoms with Crippen LogP contribution in [0.5, 0.6) is 0 Å². The molecule has 1 aliphatic rings. The van der Waals surface area contributed by atoms with E-state index in [2.05, 4.69) is 30.9 Å². The minimum Gasteiger partial charge on any atom is -0.396 e. The molecule has 78 valence electrons. The highest BCUT2D eigenvalue weighted by Crippen LogP contribution is 2.26. The molecular weight excluding hydrogens is 182 g/mol. The average Bonchev–Trinajstić information content (AvgIpc) is 2.50. The van der Waals surface area contributed by atoms with Gasteiger partial charge in [0, 0.05) is 29.7 Å². The van der Waals surface area contributed by atoms with Crippen LogP contribution in [0.2, 0.25) is 0 Å². The highest BCUT2D eigenvalue weighted by Gasteiger charge is 2.23. The van der Waals surface area contributed by atoms with Crippen molar-refractivity contribution < 1.29 is 5.11 Å². The highest BCUT2D eigenvalue weighted by molar-refractivity contribution is 8.00. The van der Waals surface area contributed by atoms with Crippen molar-refractivity contribution in [1.82, 2.24) is 5.32 Å². The molecule has 3 unspecified atom stereocenters. The lowest BCUT2D eigenvalue weighted by Crippen LogP contribution is -2.38. The SMILES string of the molecule is CCC(CCO)NC1CSC(C)C1. The van der Waals surface area contributed by atoms with Crippen molar-refractivity contribution >= 4 is 11.8 Å². The smallest absolute Gasteiger partial charge is 0.0445 e. The topological polar surface area (TPSA) is 32.3 Å². The van der Waals surface area contributed by atoms with E-state index in [0.717, 1.165) is 18.1 Å². The molecule has 0 amide bonds. The molecule has 0 aromatic rings. The van der Waals surface area contributed by atoms with Gasteiger partial charge in [0.05, 0.1) is 0 Å². The maximum atomic E-state index is 8.85. The third-order valence-corrected chi connectivity index (χ3v) is 4.00. The number of aliphatic hydroxyl groups excluding tert-OH is 1. The number of rotatable bonds is 5. The molecule has 2 nitrogen and oxygen atoms in total. The summed E-state index contributed by atoms with van der Waals surface area (Å²) in [4.78, 5) is 0. The van der Waals surface area contributed by atoms with E-state index in [0.29, 0.717) is 18.7 Å². The summed E-state index contributed by atoms with van der Waals surface area (Å²) in [6.07, 6.45) is 3.30. The Hall–Kier alpha value is 0.270. The predicted molar refractivity (Wildman–Crippen MR) is 59.2 cm³/mol. The normalized spacial score (nSPS) is 30.7. The molecule has 0 aromatic heterocycles. The first-order valence-electron chi connectivity index (χ1n) is 5.24. The van der Waals surface area contributed by atoms with E-state index in [1.54, 1.807) is 0 Å². The van der Waals surface area contributed by atoms with Gasteiger partial charge in [-0.1, -0.05) is 13.8 Å². The zero-order chi connectivity index (χ0) is 9.68. The lowest BCUT2D eigenvalue weighted by molar-refractivity contribution is 0.256. The fourth-order valence-electron chi connectivity index (χ4n) is 1.83. The van der Waals surface area contributed by atoms with Crippen LogP contribution in [-0.4, -0.2) is 34.8 Å². The van der Waals surface area contributed by atoms with Gasteiger partial charge in [-0.15, -0.1) is 0 Å². The van der Waals surface area contributed by atoms with Crippen LogP contribution in [0.15, 0.2) is 0 Å². The average molecular weight is 203 g/mol. The maximum absolute atomic E-state index is 8.85. The standard InChI is InChI=1S/C10H21NOS/c1-3-9(4-5-12)11-10-6-8(2)13-7-10/h8-12H,3-7H2,1-2H3. The van der Waals surface area contributed by atoms with Crippen LogP contribution in [-0.2, 0) is 0 Å². The first kappa shape index (κ1) is 11.3. The molecule has 3 heteroatoms. The van der Waals surface area contributed by atoms with E-state index in [1.165, 1.54) is 12.2 Å². The molecule has 3 atom stereocenters. The van der Waals surface area contributed by atoms with Crippen molar-refractivity contribution in [3.05, 3.63) is 0 Å². The molecule has 1 fully saturated rings. The minimum absolute atomic E-state index is 0.306. The van der Waals surface area contributed by atoms with Gasteiger partial charge < -0.3 is 10.4 Å². The van der Waals surface area contributed by atoms with Crippen molar-refractivity contribution in [2.75, 3.05) is 12.4 Å². The number of thioether (sulfide) groups is 1.